The first-order valence-electron chi connectivity index (χ1n) is 5.61. The van der Waals surface area contributed by atoms with E-state index in [9.17, 15) is 0 Å². The molecule has 0 spiro atoms. The van der Waals surface area contributed by atoms with Crippen LogP contribution in [0.5, 0.6) is 0 Å². The molecule has 0 fully saturated rings. The Kier molecular flexibility index (Phi) is 2.83. The average molecular weight is 303 g/mol. The van der Waals surface area contributed by atoms with Crippen molar-refractivity contribution in [3.05, 3.63) is 52.8 Å². The van der Waals surface area contributed by atoms with Crippen molar-refractivity contribution in [2.24, 2.45) is 7.05 Å². The van der Waals surface area contributed by atoms with E-state index >= 15 is 0 Å². The molecule has 0 saturated carbocycles. The highest BCUT2D eigenvalue weighted by Gasteiger charge is 2.08. The maximum Gasteiger partial charge on any atom is 0.116 e. The normalized spacial score (nSPS) is 11.0. The molecule has 1 aromatic carbocycles. The maximum atomic E-state index is 4.62. The van der Waals surface area contributed by atoms with Gasteiger partial charge in [0, 0.05) is 13.5 Å². The minimum Gasteiger partial charge on any atom is -0.331 e. The summed E-state index contributed by atoms with van der Waals surface area (Å²) >= 11 is 3.35. The summed E-state index contributed by atoms with van der Waals surface area (Å²) in [5, 5.41) is 0. The lowest BCUT2D eigenvalue weighted by atomic mass is 10.3. The summed E-state index contributed by atoms with van der Waals surface area (Å²) in [6.45, 7) is 0. The summed E-state index contributed by atoms with van der Waals surface area (Å²) in [6.07, 6.45) is 2.26. The summed E-state index contributed by atoms with van der Waals surface area (Å²) in [5.74, 6) is 1.00. The van der Waals surface area contributed by atoms with E-state index in [1.165, 1.54) is 0 Å². The first-order chi connectivity index (χ1) is 8.74. The minimum atomic E-state index is 0.701. The van der Waals surface area contributed by atoms with Crippen molar-refractivity contribution in [1.29, 1.82) is 0 Å². The van der Waals surface area contributed by atoms with E-state index in [2.05, 4.69) is 41.5 Å². The van der Waals surface area contributed by atoms with Gasteiger partial charge in [-0.15, -0.1) is 0 Å². The minimum absolute atomic E-state index is 0.701. The molecule has 0 radical (unpaired) electrons. The molecule has 3 aromatic rings. The number of halogens is 1. The molecule has 18 heavy (non-hydrogen) atoms. The number of aryl methyl sites for hydroxylation is 1. The first-order valence-corrected chi connectivity index (χ1v) is 6.40. The Morgan fingerprint density at radius 1 is 1.22 bits per heavy atom. The Morgan fingerprint density at radius 2 is 2.06 bits per heavy atom. The van der Waals surface area contributed by atoms with Gasteiger partial charge < -0.3 is 4.57 Å². The van der Waals surface area contributed by atoms with Crippen LogP contribution in [0.2, 0.25) is 0 Å². The number of aromatic nitrogens is 4. The fourth-order valence-corrected chi connectivity index (χ4v) is 2.34. The van der Waals surface area contributed by atoms with Gasteiger partial charge >= 0.3 is 0 Å². The molecule has 0 aliphatic carbocycles. The smallest absolute Gasteiger partial charge is 0.116 e. The second-order valence-electron chi connectivity index (χ2n) is 4.08. The standard InChI is InChI=1S/C13H11BrN4/c1-18-11-5-3-2-4-10(11)17-13(18)7-9-6-12(14)16-8-15-9/h2-6,8H,7H2,1H3. The van der Waals surface area contributed by atoms with Crippen LogP contribution in [0.15, 0.2) is 41.3 Å². The van der Waals surface area contributed by atoms with Crippen LogP contribution in [0.4, 0.5) is 0 Å². The van der Waals surface area contributed by atoms with E-state index < -0.39 is 0 Å². The van der Waals surface area contributed by atoms with Crippen LogP contribution >= 0.6 is 15.9 Å². The molecule has 0 bridgehead atoms. The number of hydrogen-bond donors (Lipinski definition) is 0. The predicted octanol–water partition coefficient (Wildman–Crippen LogP) is 2.72. The molecular weight excluding hydrogens is 292 g/mol. The first kappa shape index (κ1) is 11.3. The number of nitrogens with zero attached hydrogens (tertiary/aromatic N) is 4. The number of rotatable bonds is 2. The fraction of sp³-hybridized carbons (Fsp3) is 0.154. The molecule has 0 unspecified atom stereocenters. The van der Waals surface area contributed by atoms with Gasteiger partial charge in [0.1, 0.15) is 16.8 Å². The lowest BCUT2D eigenvalue weighted by Gasteiger charge is -2.02. The molecular formula is C13H11BrN4. The average Bonchev–Trinajstić information content (AvgIpc) is 2.67. The molecule has 5 heteroatoms. The Balaban J connectivity index is 2.02. The number of hydrogen-bond acceptors (Lipinski definition) is 3. The molecule has 2 heterocycles. The third-order valence-corrected chi connectivity index (χ3v) is 3.34. The van der Waals surface area contributed by atoms with Crippen molar-refractivity contribution in [2.75, 3.05) is 0 Å². The van der Waals surface area contributed by atoms with Crippen LogP contribution < -0.4 is 0 Å². The Morgan fingerprint density at radius 3 is 2.83 bits per heavy atom. The van der Waals surface area contributed by atoms with Crippen LogP contribution in [-0.4, -0.2) is 19.5 Å². The zero-order valence-electron chi connectivity index (χ0n) is 9.84. The van der Waals surface area contributed by atoms with Crippen LogP contribution in [0.3, 0.4) is 0 Å². The third kappa shape index (κ3) is 2.01. The Labute approximate surface area is 113 Å². The van der Waals surface area contributed by atoms with Gasteiger partial charge in [0.25, 0.3) is 0 Å². The molecule has 0 aliphatic rings. The van der Waals surface area contributed by atoms with Gasteiger partial charge in [-0.3, -0.25) is 0 Å². The zero-order chi connectivity index (χ0) is 12.5. The van der Waals surface area contributed by atoms with E-state index in [1.807, 2.05) is 31.3 Å². The second-order valence-corrected chi connectivity index (χ2v) is 4.90. The number of para-hydroxylation sites is 2. The van der Waals surface area contributed by atoms with Crippen molar-refractivity contribution in [3.8, 4) is 0 Å². The highest BCUT2D eigenvalue weighted by molar-refractivity contribution is 9.10. The van der Waals surface area contributed by atoms with Crippen LogP contribution in [-0.2, 0) is 13.5 Å². The lowest BCUT2D eigenvalue weighted by molar-refractivity contribution is 0.828. The van der Waals surface area contributed by atoms with Gasteiger partial charge in [-0.05, 0) is 34.1 Å². The largest absolute Gasteiger partial charge is 0.331 e. The van der Waals surface area contributed by atoms with Gasteiger partial charge in [-0.1, -0.05) is 12.1 Å². The summed E-state index contributed by atoms with van der Waals surface area (Å²) in [4.78, 5) is 12.9. The quantitative estimate of drug-likeness (QED) is 0.684. The van der Waals surface area contributed by atoms with Gasteiger partial charge in [0.2, 0.25) is 0 Å². The highest BCUT2D eigenvalue weighted by atomic mass is 79.9. The molecule has 4 nitrogen and oxygen atoms in total. The SMILES string of the molecule is Cn1c(Cc2cc(Br)ncn2)nc2ccccc21. The number of benzene rings is 1. The molecule has 0 atom stereocenters. The van der Waals surface area contributed by atoms with Gasteiger partial charge in [-0.25, -0.2) is 15.0 Å². The number of fused-ring (bicyclic) bond motifs is 1. The van der Waals surface area contributed by atoms with Crippen molar-refractivity contribution < 1.29 is 0 Å². The third-order valence-electron chi connectivity index (χ3n) is 2.91. The summed E-state index contributed by atoms with van der Waals surface area (Å²) in [6, 6.07) is 10.0. The molecule has 90 valence electrons. The van der Waals surface area contributed by atoms with E-state index in [1.54, 1.807) is 6.33 Å². The van der Waals surface area contributed by atoms with Crippen molar-refractivity contribution in [1.82, 2.24) is 19.5 Å². The molecule has 3 rings (SSSR count). The lowest BCUT2D eigenvalue weighted by Crippen LogP contribution is -2.01. The molecule has 0 saturated heterocycles. The predicted molar refractivity (Wildman–Crippen MR) is 73.3 cm³/mol. The van der Waals surface area contributed by atoms with Crippen molar-refractivity contribution in [3.63, 3.8) is 0 Å². The maximum absolute atomic E-state index is 4.62. The monoisotopic (exact) mass is 302 g/mol. The molecule has 0 N–H and O–H groups in total. The second kappa shape index (κ2) is 4.49. The van der Waals surface area contributed by atoms with Crippen molar-refractivity contribution >= 4 is 27.0 Å². The molecule has 0 aliphatic heterocycles. The zero-order valence-corrected chi connectivity index (χ0v) is 11.4. The van der Waals surface area contributed by atoms with Crippen LogP contribution in [0.25, 0.3) is 11.0 Å². The van der Waals surface area contributed by atoms with E-state index in [4.69, 9.17) is 0 Å². The summed E-state index contributed by atoms with van der Waals surface area (Å²) in [7, 11) is 2.03. The van der Waals surface area contributed by atoms with E-state index in [-0.39, 0.29) is 0 Å². The topological polar surface area (TPSA) is 43.6 Å². The van der Waals surface area contributed by atoms with Gasteiger partial charge in [0.05, 0.1) is 16.7 Å². The highest BCUT2D eigenvalue weighted by Crippen LogP contribution is 2.16. The molecule has 2 aromatic heterocycles. The van der Waals surface area contributed by atoms with Gasteiger partial charge in [0.15, 0.2) is 0 Å². The van der Waals surface area contributed by atoms with Crippen molar-refractivity contribution in [2.45, 2.75) is 6.42 Å². The van der Waals surface area contributed by atoms with Gasteiger partial charge in [-0.2, -0.15) is 0 Å². The summed E-state index contributed by atoms with van der Waals surface area (Å²) < 4.78 is 2.90. The molecule has 0 amide bonds. The Hall–Kier alpha value is -1.75. The fourth-order valence-electron chi connectivity index (χ4n) is 1.98. The van der Waals surface area contributed by atoms with Crippen LogP contribution in [0, 0.1) is 0 Å². The van der Waals surface area contributed by atoms with E-state index in [0.717, 1.165) is 27.2 Å². The van der Waals surface area contributed by atoms with E-state index in [0.29, 0.717) is 6.42 Å². The number of imidazole rings is 1. The van der Waals surface area contributed by atoms with Crippen LogP contribution in [0.1, 0.15) is 11.5 Å². The Bertz CT molecular complexity index is 705. The summed E-state index contributed by atoms with van der Waals surface area (Å²) in [5.41, 5.74) is 3.11.